The second kappa shape index (κ2) is 6.99. The first-order chi connectivity index (χ1) is 9.31. The van der Waals surface area contributed by atoms with Gasteiger partial charge in [0.05, 0.1) is 25.2 Å². The Morgan fingerprint density at radius 2 is 1.95 bits per heavy atom. The zero-order valence-corrected chi connectivity index (χ0v) is 11.9. The normalized spacial score (nSPS) is 10.2. The number of hydrogen-bond donors (Lipinski definition) is 1. The van der Waals surface area contributed by atoms with Crippen LogP contribution in [0, 0.1) is 0 Å². The maximum atomic E-state index is 5.13. The largest absolute Gasteiger partial charge is 0.497 e. The molecule has 19 heavy (non-hydrogen) atoms. The molecule has 5 heteroatoms. The van der Waals surface area contributed by atoms with Gasteiger partial charge in [-0.2, -0.15) is 0 Å². The van der Waals surface area contributed by atoms with Gasteiger partial charge in [-0.05, 0) is 31.2 Å². The van der Waals surface area contributed by atoms with Gasteiger partial charge in [0.1, 0.15) is 11.6 Å². The molecule has 1 heterocycles. The van der Waals surface area contributed by atoms with Crippen molar-refractivity contribution in [1.29, 1.82) is 0 Å². The van der Waals surface area contributed by atoms with Gasteiger partial charge in [-0.3, -0.25) is 4.98 Å². The predicted octanol–water partition coefficient (Wildman–Crippen LogP) is 3.21. The molecule has 0 aliphatic heterocycles. The molecule has 0 atom stereocenters. The van der Waals surface area contributed by atoms with Crippen LogP contribution in [0.2, 0.25) is 0 Å². The Kier molecular flexibility index (Phi) is 5.03. The topological polar surface area (TPSA) is 47.0 Å². The zero-order valence-electron chi connectivity index (χ0n) is 11.1. The van der Waals surface area contributed by atoms with Gasteiger partial charge in [-0.25, -0.2) is 4.98 Å². The van der Waals surface area contributed by atoms with Gasteiger partial charge in [0.2, 0.25) is 0 Å². The van der Waals surface area contributed by atoms with Gasteiger partial charge in [0.15, 0.2) is 0 Å². The van der Waals surface area contributed by atoms with E-state index >= 15 is 0 Å². The van der Waals surface area contributed by atoms with E-state index in [1.807, 2.05) is 37.4 Å². The average molecular weight is 275 g/mol. The highest BCUT2D eigenvalue weighted by Gasteiger charge is 2.00. The van der Waals surface area contributed by atoms with E-state index in [-0.39, 0.29) is 0 Å². The van der Waals surface area contributed by atoms with Crippen molar-refractivity contribution in [3.05, 3.63) is 42.4 Å². The molecule has 0 amide bonds. The number of hydrogen-bond acceptors (Lipinski definition) is 5. The summed E-state index contributed by atoms with van der Waals surface area (Å²) >= 11 is 1.73. The molecule has 0 spiro atoms. The summed E-state index contributed by atoms with van der Waals surface area (Å²) in [6, 6.07) is 8.01. The van der Waals surface area contributed by atoms with E-state index in [4.69, 9.17) is 4.74 Å². The van der Waals surface area contributed by atoms with Crippen LogP contribution >= 0.6 is 11.8 Å². The number of benzene rings is 1. The minimum Gasteiger partial charge on any atom is -0.497 e. The molecular weight excluding hydrogens is 258 g/mol. The number of anilines is 1. The first kappa shape index (κ1) is 13.7. The number of ether oxygens (including phenoxy) is 1. The van der Waals surface area contributed by atoms with Crippen LogP contribution in [0.1, 0.15) is 12.6 Å². The predicted molar refractivity (Wildman–Crippen MR) is 78.8 cm³/mol. The summed E-state index contributed by atoms with van der Waals surface area (Å²) in [6.45, 7) is 2.89. The third-order valence-electron chi connectivity index (χ3n) is 2.51. The molecule has 4 nitrogen and oxygen atoms in total. The molecule has 0 saturated heterocycles. The van der Waals surface area contributed by atoms with E-state index < -0.39 is 0 Å². The first-order valence-corrected chi connectivity index (χ1v) is 7.12. The summed E-state index contributed by atoms with van der Waals surface area (Å²) < 4.78 is 5.13. The molecular formula is C14H17N3OS. The van der Waals surface area contributed by atoms with Crippen LogP contribution in [0.3, 0.4) is 0 Å². The third kappa shape index (κ3) is 4.13. The lowest BCUT2D eigenvalue weighted by Crippen LogP contribution is -2.00. The summed E-state index contributed by atoms with van der Waals surface area (Å²) in [5, 5.41) is 3.13. The quantitative estimate of drug-likeness (QED) is 0.820. The molecule has 0 aliphatic carbocycles. The summed E-state index contributed by atoms with van der Waals surface area (Å²) in [7, 11) is 1.67. The van der Waals surface area contributed by atoms with Crippen LogP contribution in [0.25, 0.3) is 0 Å². The van der Waals surface area contributed by atoms with Crippen LogP contribution in [-0.2, 0) is 5.75 Å². The first-order valence-electron chi connectivity index (χ1n) is 6.13. The molecule has 0 unspecified atom stereocenters. The minimum atomic E-state index is 0.811. The number of nitrogens with one attached hydrogen (secondary N) is 1. The van der Waals surface area contributed by atoms with Crippen molar-refractivity contribution in [2.75, 3.05) is 19.0 Å². The monoisotopic (exact) mass is 275 g/mol. The van der Waals surface area contributed by atoms with Crippen LogP contribution in [0.4, 0.5) is 5.82 Å². The Morgan fingerprint density at radius 3 is 2.53 bits per heavy atom. The van der Waals surface area contributed by atoms with E-state index in [1.54, 1.807) is 25.1 Å². The maximum absolute atomic E-state index is 5.13. The molecule has 2 rings (SSSR count). The van der Waals surface area contributed by atoms with Gasteiger partial charge >= 0.3 is 0 Å². The maximum Gasteiger partial charge on any atom is 0.144 e. The summed E-state index contributed by atoms with van der Waals surface area (Å²) in [5.41, 5.74) is 0.975. The third-order valence-corrected chi connectivity index (χ3v) is 3.55. The molecule has 1 N–H and O–H groups in total. The highest BCUT2D eigenvalue weighted by molar-refractivity contribution is 7.98. The Morgan fingerprint density at radius 1 is 1.16 bits per heavy atom. The minimum absolute atomic E-state index is 0.811. The fourth-order valence-electron chi connectivity index (χ4n) is 1.53. The van der Waals surface area contributed by atoms with Gasteiger partial charge in [-0.1, -0.05) is 0 Å². The highest BCUT2D eigenvalue weighted by atomic mass is 32.2. The van der Waals surface area contributed by atoms with Crippen LogP contribution in [-0.4, -0.2) is 23.6 Å². The molecule has 0 aliphatic rings. The second-order valence-electron chi connectivity index (χ2n) is 3.89. The van der Waals surface area contributed by atoms with Crippen molar-refractivity contribution in [2.24, 2.45) is 0 Å². The number of thioether (sulfide) groups is 1. The Balaban J connectivity index is 1.90. The van der Waals surface area contributed by atoms with Gasteiger partial charge in [-0.15, -0.1) is 11.8 Å². The lowest BCUT2D eigenvalue weighted by molar-refractivity contribution is 0.414. The molecule has 1 aromatic carbocycles. The zero-order chi connectivity index (χ0) is 13.5. The van der Waals surface area contributed by atoms with Crippen LogP contribution in [0.5, 0.6) is 5.75 Å². The van der Waals surface area contributed by atoms with Crippen molar-refractivity contribution >= 4 is 17.6 Å². The van der Waals surface area contributed by atoms with E-state index in [1.165, 1.54) is 4.90 Å². The highest BCUT2D eigenvalue weighted by Crippen LogP contribution is 2.24. The summed E-state index contributed by atoms with van der Waals surface area (Å²) in [4.78, 5) is 9.87. The van der Waals surface area contributed by atoms with E-state index in [9.17, 15) is 0 Å². The van der Waals surface area contributed by atoms with Crippen LogP contribution in [0.15, 0.2) is 41.6 Å². The Hall–Kier alpha value is -1.75. The number of rotatable bonds is 6. The molecule has 1 aromatic heterocycles. The average Bonchev–Trinajstić information content (AvgIpc) is 2.47. The van der Waals surface area contributed by atoms with Crippen molar-refractivity contribution in [2.45, 2.75) is 17.6 Å². The van der Waals surface area contributed by atoms with Gasteiger partial charge in [0, 0.05) is 17.2 Å². The number of methoxy groups -OCH3 is 1. The second-order valence-corrected chi connectivity index (χ2v) is 4.94. The number of aromatic nitrogens is 2. The molecule has 0 saturated carbocycles. The molecule has 100 valence electrons. The number of nitrogens with zero attached hydrogens (tertiary/aromatic N) is 2. The fraction of sp³-hybridized carbons (Fsp3) is 0.286. The van der Waals surface area contributed by atoms with Crippen molar-refractivity contribution < 1.29 is 4.74 Å². The summed E-state index contributed by atoms with van der Waals surface area (Å²) in [5.74, 6) is 2.51. The summed E-state index contributed by atoms with van der Waals surface area (Å²) in [6.07, 6.45) is 3.59. The Labute approximate surface area is 117 Å². The van der Waals surface area contributed by atoms with Gasteiger partial charge < -0.3 is 10.1 Å². The van der Waals surface area contributed by atoms with Crippen molar-refractivity contribution in [1.82, 2.24) is 9.97 Å². The lowest BCUT2D eigenvalue weighted by Gasteiger charge is -2.04. The molecule has 0 bridgehead atoms. The molecule has 2 aromatic rings. The van der Waals surface area contributed by atoms with Crippen LogP contribution < -0.4 is 10.1 Å². The SMILES string of the molecule is CCNc1cnc(CSc2ccc(OC)cc2)cn1. The Bertz CT molecular complexity index is 499. The molecule has 0 fully saturated rings. The van der Waals surface area contributed by atoms with E-state index in [0.717, 1.165) is 29.6 Å². The van der Waals surface area contributed by atoms with Crippen molar-refractivity contribution in [3.8, 4) is 5.75 Å². The van der Waals surface area contributed by atoms with E-state index in [2.05, 4.69) is 15.3 Å². The van der Waals surface area contributed by atoms with Gasteiger partial charge in [0.25, 0.3) is 0 Å². The lowest BCUT2D eigenvalue weighted by atomic mass is 10.3. The molecule has 0 radical (unpaired) electrons. The smallest absolute Gasteiger partial charge is 0.144 e. The fourth-order valence-corrected chi connectivity index (χ4v) is 2.32. The standard InChI is InChI=1S/C14H17N3OS/c1-3-15-14-9-16-11(8-17-14)10-19-13-6-4-12(18-2)5-7-13/h4-9H,3,10H2,1-2H3,(H,15,17). The van der Waals surface area contributed by atoms with Crippen molar-refractivity contribution in [3.63, 3.8) is 0 Å². The van der Waals surface area contributed by atoms with E-state index in [0.29, 0.717) is 0 Å².